The number of carbonyl (C=O) groups excluding carboxylic acids is 1. The van der Waals surface area contributed by atoms with E-state index in [1.807, 2.05) is 6.92 Å². The largest absolute Gasteiger partial charge is 0.465 e. The SMILES string of the molecule is CCOC(=O)C1CCCN1C1CCOC1. The molecule has 0 aromatic rings. The van der Waals surface area contributed by atoms with Gasteiger partial charge in [0, 0.05) is 12.6 Å². The van der Waals surface area contributed by atoms with Crippen LogP contribution in [0, 0.1) is 0 Å². The van der Waals surface area contributed by atoms with E-state index in [1.165, 1.54) is 0 Å². The lowest BCUT2D eigenvalue weighted by Crippen LogP contribution is -2.44. The molecule has 4 heteroatoms. The van der Waals surface area contributed by atoms with Crippen molar-refractivity contribution in [2.75, 3.05) is 26.4 Å². The van der Waals surface area contributed by atoms with Gasteiger partial charge in [-0.25, -0.2) is 0 Å². The second-order valence-corrected chi connectivity index (χ2v) is 4.17. The third-order valence-corrected chi connectivity index (χ3v) is 3.23. The van der Waals surface area contributed by atoms with Gasteiger partial charge in [-0.05, 0) is 32.7 Å². The smallest absolute Gasteiger partial charge is 0.323 e. The molecule has 2 saturated heterocycles. The summed E-state index contributed by atoms with van der Waals surface area (Å²) in [7, 11) is 0. The summed E-state index contributed by atoms with van der Waals surface area (Å²) in [6.07, 6.45) is 3.09. The lowest BCUT2D eigenvalue weighted by atomic mass is 10.1. The van der Waals surface area contributed by atoms with Crippen LogP contribution in [0.25, 0.3) is 0 Å². The minimum atomic E-state index is -0.0538. The predicted octanol–water partition coefficient (Wildman–Crippen LogP) is 0.803. The van der Waals surface area contributed by atoms with E-state index in [-0.39, 0.29) is 12.0 Å². The molecule has 0 N–H and O–H groups in total. The van der Waals surface area contributed by atoms with Gasteiger partial charge < -0.3 is 9.47 Å². The first-order chi connectivity index (χ1) is 7.33. The lowest BCUT2D eigenvalue weighted by Gasteiger charge is -2.27. The molecule has 0 aromatic carbocycles. The quantitative estimate of drug-likeness (QED) is 0.650. The van der Waals surface area contributed by atoms with Crippen LogP contribution in [-0.4, -0.2) is 49.3 Å². The summed E-state index contributed by atoms with van der Waals surface area (Å²) >= 11 is 0. The Morgan fingerprint density at radius 1 is 1.53 bits per heavy atom. The Bertz CT molecular complexity index is 226. The summed E-state index contributed by atoms with van der Waals surface area (Å²) in [5.41, 5.74) is 0. The van der Waals surface area contributed by atoms with Crippen molar-refractivity contribution in [3.05, 3.63) is 0 Å². The molecule has 4 nitrogen and oxygen atoms in total. The van der Waals surface area contributed by atoms with Crippen LogP contribution in [0.2, 0.25) is 0 Å². The third kappa shape index (κ3) is 2.32. The van der Waals surface area contributed by atoms with Crippen molar-refractivity contribution in [1.82, 2.24) is 4.90 Å². The van der Waals surface area contributed by atoms with Crippen molar-refractivity contribution in [3.8, 4) is 0 Å². The first-order valence-electron chi connectivity index (χ1n) is 5.83. The Morgan fingerprint density at radius 3 is 3.07 bits per heavy atom. The Balaban J connectivity index is 1.94. The minimum absolute atomic E-state index is 0.0170. The van der Waals surface area contributed by atoms with Crippen molar-refractivity contribution in [2.24, 2.45) is 0 Å². The van der Waals surface area contributed by atoms with Crippen LogP contribution < -0.4 is 0 Å². The average molecular weight is 213 g/mol. The summed E-state index contributed by atoms with van der Waals surface area (Å²) in [5, 5.41) is 0. The standard InChI is InChI=1S/C11H19NO3/c1-2-15-11(13)10-4-3-6-12(10)9-5-7-14-8-9/h9-10H,2-8H2,1H3. The molecule has 0 saturated carbocycles. The Labute approximate surface area is 90.5 Å². The van der Waals surface area contributed by atoms with Crippen LogP contribution in [0.1, 0.15) is 26.2 Å². The molecule has 0 aromatic heterocycles. The minimum Gasteiger partial charge on any atom is -0.465 e. The van der Waals surface area contributed by atoms with Gasteiger partial charge in [-0.2, -0.15) is 0 Å². The summed E-state index contributed by atoms with van der Waals surface area (Å²) in [6, 6.07) is 0.415. The third-order valence-electron chi connectivity index (χ3n) is 3.23. The van der Waals surface area contributed by atoms with E-state index in [1.54, 1.807) is 0 Å². The highest BCUT2D eigenvalue weighted by Crippen LogP contribution is 2.25. The summed E-state index contributed by atoms with van der Waals surface area (Å²) < 4.78 is 10.5. The molecule has 2 fully saturated rings. The molecule has 0 spiro atoms. The fraction of sp³-hybridized carbons (Fsp3) is 0.909. The average Bonchev–Trinajstić information content (AvgIpc) is 2.88. The van der Waals surface area contributed by atoms with E-state index in [9.17, 15) is 4.79 Å². The number of likely N-dealkylation sites (tertiary alicyclic amines) is 1. The molecule has 15 heavy (non-hydrogen) atoms. The maximum Gasteiger partial charge on any atom is 0.323 e. The molecular weight excluding hydrogens is 194 g/mol. The van der Waals surface area contributed by atoms with Crippen molar-refractivity contribution < 1.29 is 14.3 Å². The monoisotopic (exact) mass is 213 g/mol. The normalized spacial score (nSPS) is 32.1. The Kier molecular flexibility index (Phi) is 3.59. The topological polar surface area (TPSA) is 38.8 Å². The Hall–Kier alpha value is -0.610. The number of hydrogen-bond acceptors (Lipinski definition) is 4. The molecule has 2 rings (SSSR count). The van der Waals surface area contributed by atoms with Crippen LogP contribution in [0.5, 0.6) is 0 Å². The molecule has 0 amide bonds. The molecule has 2 atom stereocenters. The second kappa shape index (κ2) is 4.94. The van der Waals surface area contributed by atoms with Gasteiger partial charge in [0.1, 0.15) is 6.04 Å². The van der Waals surface area contributed by atoms with E-state index in [0.717, 1.165) is 39.0 Å². The number of ether oxygens (including phenoxy) is 2. The van der Waals surface area contributed by atoms with E-state index in [2.05, 4.69) is 4.90 Å². The van der Waals surface area contributed by atoms with E-state index in [4.69, 9.17) is 9.47 Å². The zero-order chi connectivity index (χ0) is 10.7. The van der Waals surface area contributed by atoms with Gasteiger partial charge in [0.05, 0.1) is 13.2 Å². The number of esters is 1. The van der Waals surface area contributed by atoms with Crippen molar-refractivity contribution in [1.29, 1.82) is 0 Å². The highest BCUT2D eigenvalue weighted by molar-refractivity contribution is 5.76. The molecule has 86 valence electrons. The zero-order valence-corrected chi connectivity index (χ0v) is 9.28. The lowest BCUT2D eigenvalue weighted by molar-refractivity contribution is -0.149. The van der Waals surface area contributed by atoms with Crippen molar-refractivity contribution >= 4 is 5.97 Å². The van der Waals surface area contributed by atoms with Crippen LogP contribution in [-0.2, 0) is 14.3 Å². The molecular formula is C11H19NO3. The molecule has 0 radical (unpaired) electrons. The molecule has 2 unspecified atom stereocenters. The summed E-state index contributed by atoms with van der Waals surface area (Å²) in [5.74, 6) is -0.0538. The fourth-order valence-electron chi connectivity index (χ4n) is 2.50. The first kappa shape index (κ1) is 10.9. The number of hydrogen-bond donors (Lipinski definition) is 0. The van der Waals surface area contributed by atoms with Gasteiger partial charge in [0.25, 0.3) is 0 Å². The van der Waals surface area contributed by atoms with Gasteiger partial charge in [-0.15, -0.1) is 0 Å². The van der Waals surface area contributed by atoms with Crippen molar-refractivity contribution in [3.63, 3.8) is 0 Å². The highest BCUT2D eigenvalue weighted by Gasteiger charge is 2.37. The van der Waals surface area contributed by atoms with Crippen LogP contribution >= 0.6 is 0 Å². The summed E-state index contributed by atoms with van der Waals surface area (Å²) in [4.78, 5) is 14.0. The van der Waals surface area contributed by atoms with Crippen molar-refractivity contribution in [2.45, 2.75) is 38.3 Å². The van der Waals surface area contributed by atoms with Gasteiger partial charge in [-0.3, -0.25) is 9.69 Å². The van der Waals surface area contributed by atoms with Gasteiger partial charge in [-0.1, -0.05) is 0 Å². The van der Waals surface area contributed by atoms with E-state index < -0.39 is 0 Å². The van der Waals surface area contributed by atoms with Gasteiger partial charge >= 0.3 is 5.97 Å². The molecule has 0 aliphatic carbocycles. The van der Waals surface area contributed by atoms with Gasteiger partial charge in [0.15, 0.2) is 0 Å². The number of rotatable bonds is 3. The van der Waals surface area contributed by atoms with E-state index in [0.29, 0.717) is 12.6 Å². The number of nitrogens with zero attached hydrogens (tertiary/aromatic N) is 1. The highest BCUT2D eigenvalue weighted by atomic mass is 16.5. The van der Waals surface area contributed by atoms with Crippen LogP contribution in [0.15, 0.2) is 0 Å². The summed E-state index contributed by atoms with van der Waals surface area (Å²) in [6.45, 7) is 4.95. The number of carbonyl (C=O) groups is 1. The molecule has 2 aliphatic rings. The molecule has 2 heterocycles. The first-order valence-corrected chi connectivity index (χ1v) is 5.83. The maximum atomic E-state index is 11.7. The molecule has 2 aliphatic heterocycles. The van der Waals surface area contributed by atoms with Crippen LogP contribution in [0.4, 0.5) is 0 Å². The maximum absolute atomic E-state index is 11.7. The molecule has 0 bridgehead atoms. The fourth-order valence-corrected chi connectivity index (χ4v) is 2.50. The predicted molar refractivity (Wildman–Crippen MR) is 55.6 cm³/mol. The second-order valence-electron chi connectivity index (χ2n) is 4.17. The zero-order valence-electron chi connectivity index (χ0n) is 9.28. The Morgan fingerprint density at radius 2 is 2.40 bits per heavy atom. The van der Waals surface area contributed by atoms with E-state index >= 15 is 0 Å². The van der Waals surface area contributed by atoms with Crippen LogP contribution in [0.3, 0.4) is 0 Å². The van der Waals surface area contributed by atoms with Gasteiger partial charge in [0.2, 0.25) is 0 Å².